The van der Waals surface area contributed by atoms with Crippen molar-refractivity contribution in [1.82, 2.24) is 20.0 Å². The quantitative estimate of drug-likeness (QED) is 0.749. The van der Waals surface area contributed by atoms with Gasteiger partial charge in [0.15, 0.2) is 11.6 Å². The molecule has 0 atom stereocenters. The minimum Gasteiger partial charge on any atom is -0.476 e. The van der Waals surface area contributed by atoms with Crippen molar-refractivity contribution in [2.45, 2.75) is 13.8 Å². The zero-order valence-electron chi connectivity index (χ0n) is 12.8. The molecule has 0 spiro atoms. The number of aromatic carboxylic acids is 1. The minimum atomic E-state index is -1.15. The van der Waals surface area contributed by atoms with Crippen LogP contribution in [0.2, 0.25) is 0 Å². The molecule has 1 amide bonds. The first kappa shape index (κ1) is 15.4. The highest BCUT2D eigenvalue weighted by atomic mass is 16.4. The number of anilines is 1. The minimum absolute atomic E-state index is 0.149. The predicted molar refractivity (Wildman–Crippen MR) is 82.2 cm³/mol. The van der Waals surface area contributed by atoms with Gasteiger partial charge in [-0.25, -0.2) is 14.5 Å². The number of nitrogens with zero attached hydrogens (tertiary/aromatic N) is 4. The van der Waals surface area contributed by atoms with Crippen LogP contribution < -0.4 is 5.32 Å². The van der Waals surface area contributed by atoms with Gasteiger partial charge in [0.25, 0.3) is 5.91 Å². The normalized spacial score (nSPS) is 10.6. The van der Waals surface area contributed by atoms with E-state index in [0.717, 1.165) is 0 Å². The molecule has 3 aromatic rings. The molecule has 2 heterocycles. The number of hydrogen-bond donors (Lipinski definition) is 2. The monoisotopic (exact) mass is 327 g/mol. The summed E-state index contributed by atoms with van der Waals surface area (Å²) in [5.41, 5.74) is 1.53. The number of amides is 1. The van der Waals surface area contributed by atoms with E-state index in [0.29, 0.717) is 23.0 Å². The molecule has 0 fully saturated rings. The number of carboxylic acid groups (broad SMARTS) is 1. The van der Waals surface area contributed by atoms with Gasteiger partial charge in [-0.2, -0.15) is 0 Å². The summed E-state index contributed by atoms with van der Waals surface area (Å²) in [5, 5.41) is 18.8. The third kappa shape index (κ3) is 3.00. The van der Waals surface area contributed by atoms with Crippen LogP contribution >= 0.6 is 0 Å². The summed E-state index contributed by atoms with van der Waals surface area (Å²) >= 11 is 0. The SMILES string of the molecule is Cc1nc(C)c(C(=O)Nc2ccc(-n3cc(C(=O)O)nn3)cc2)o1. The van der Waals surface area contributed by atoms with Crippen LogP contribution in [0.4, 0.5) is 5.69 Å². The lowest BCUT2D eigenvalue weighted by atomic mass is 10.2. The first-order valence-electron chi connectivity index (χ1n) is 6.95. The lowest BCUT2D eigenvalue weighted by Gasteiger charge is -2.05. The molecular weight excluding hydrogens is 314 g/mol. The van der Waals surface area contributed by atoms with Crippen molar-refractivity contribution >= 4 is 17.6 Å². The van der Waals surface area contributed by atoms with E-state index in [2.05, 4.69) is 20.6 Å². The fourth-order valence-electron chi connectivity index (χ4n) is 2.12. The number of aryl methyl sites for hydroxylation is 2. The van der Waals surface area contributed by atoms with E-state index < -0.39 is 11.9 Å². The summed E-state index contributed by atoms with van der Waals surface area (Å²) in [5.74, 6) is -0.954. The highest BCUT2D eigenvalue weighted by Gasteiger charge is 2.16. The van der Waals surface area contributed by atoms with Gasteiger partial charge in [-0.05, 0) is 31.2 Å². The Morgan fingerprint density at radius 2 is 1.92 bits per heavy atom. The Labute approximate surface area is 135 Å². The molecule has 0 radical (unpaired) electrons. The average molecular weight is 327 g/mol. The summed E-state index contributed by atoms with van der Waals surface area (Å²) in [4.78, 5) is 27.0. The second-order valence-corrected chi connectivity index (χ2v) is 5.00. The standard InChI is InChI=1S/C15H13N5O4/c1-8-13(24-9(2)16-8)14(21)17-10-3-5-11(6-4-10)20-7-12(15(22)23)18-19-20/h3-7H,1-2H3,(H,17,21)(H,22,23). The Morgan fingerprint density at radius 3 is 2.46 bits per heavy atom. The van der Waals surface area contributed by atoms with E-state index in [4.69, 9.17) is 9.52 Å². The zero-order valence-corrected chi connectivity index (χ0v) is 12.8. The third-order valence-electron chi connectivity index (χ3n) is 3.21. The number of carboxylic acids is 1. The predicted octanol–water partition coefficient (Wildman–Crippen LogP) is 1.82. The van der Waals surface area contributed by atoms with E-state index in [1.54, 1.807) is 38.1 Å². The highest BCUT2D eigenvalue weighted by molar-refractivity contribution is 6.02. The molecule has 0 aliphatic carbocycles. The molecule has 9 nitrogen and oxygen atoms in total. The van der Waals surface area contributed by atoms with E-state index in [9.17, 15) is 9.59 Å². The van der Waals surface area contributed by atoms with Crippen LogP contribution in [0, 0.1) is 13.8 Å². The van der Waals surface area contributed by atoms with Gasteiger partial charge < -0.3 is 14.8 Å². The van der Waals surface area contributed by atoms with Crippen LogP contribution in [0.5, 0.6) is 0 Å². The average Bonchev–Trinajstić information content (AvgIpc) is 3.15. The van der Waals surface area contributed by atoms with Gasteiger partial charge in [0.05, 0.1) is 17.6 Å². The van der Waals surface area contributed by atoms with E-state index >= 15 is 0 Å². The molecule has 24 heavy (non-hydrogen) atoms. The topological polar surface area (TPSA) is 123 Å². The van der Waals surface area contributed by atoms with Crippen molar-refractivity contribution in [3.8, 4) is 5.69 Å². The van der Waals surface area contributed by atoms with Gasteiger partial charge in [0.2, 0.25) is 5.76 Å². The Kier molecular flexibility index (Phi) is 3.82. The second kappa shape index (κ2) is 5.95. The molecule has 0 aliphatic rings. The maximum Gasteiger partial charge on any atom is 0.358 e. The Hall–Kier alpha value is -3.49. The molecule has 9 heteroatoms. The molecule has 3 rings (SSSR count). The van der Waals surface area contributed by atoms with Gasteiger partial charge in [-0.15, -0.1) is 5.10 Å². The first-order chi connectivity index (χ1) is 11.4. The zero-order chi connectivity index (χ0) is 17.3. The summed E-state index contributed by atoms with van der Waals surface area (Å²) in [6, 6.07) is 6.67. The third-order valence-corrected chi connectivity index (χ3v) is 3.21. The molecule has 2 aromatic heterocycles. The van der Waals surface area contributed by atoms with Crippen LogP contribution in [0.15, 0.2) is 34.9 Å². The molecule has 0 saturated heterocycles. The van der Waals surface area contributed by atoms with E-state index in [1.165, 1.54) is 10.9 Å². The second-order valence-electron chi connectivity index (χ2n) is 5.00. The summed E-state index contributed by atoms with van der Waals surface area (Å²) < 4.78 is 6.60. The van der Waals surface area contributed by atoms with Crippen LogP contribution in [-0.4, -0.2) is 37.0 Å². The molecule has 0 bridgehead atoms. The maximum absolute atomic E-state index is 12.1. The van der Waals surface area contributed by atoms with Gasteiger partial charge in [-0.3, -0.25) is 4.79 Å². The molecule has 0 unspecified atom stereocenters. The van der Waals surface area contributed by atoms with Crippen LogP contribution in [0.3, 0.4) is 0 Å². The van der Waals surface area contributed by atoms with Crippen molar-refractivity contribution in [2.75, 3.05) is 5.32 Å². The number of hydrogen-bond acceptors (Lipinski definition) is 6. The lowest BCUT2D eigenvalue weighted by Crippen LogP contribution is -2.12. The van der Waals surface area contributed by atoms with Gasteiger partial charge in [0.1, 0.15) is 0 Å². The fraction of sp³-hybridized carbons (Fsp3) is 0.133. The number of nitrogens with one attached hydrogen (secondary N) is 1. The number of aromatic nitrogens is 4. The first-order valence-corrected chi connectivity index (χ1v) is 6.95. The summed E-state index contributed by atoms with van der Waals surface area (Å²) in [7, 11) is 0. The number of rotatable bonds is 4. The van der Waals surface area contributed by atoms with Gasteiger partial charge in [0, 0.05) is 12.6 Å². The largest absolute Gasteiger partial charge is 0.476 e. The molecular formula is C15H13N5O4. The number of carbonyl (C=O) groups is 2. The van der Waals surface area contributed by atoms with Gasteiger partial charge in [-0.1, -0.05) is 5.21 Å². The number of benzene rings is 1. The maximum atomic E-state index is 12.1. The van der Waals surface area contributed by atoms with Crippen molar-refractivity contribution in [3.63, 3.8) is 0 Å². The Bertz CT molecular complexity index is 910. The molecule has 1 aromatic carbocycles. The molecule has 122 valence electrons. The van der Waals surface area contributed by atoms with Gasteiger partial charge >= 0.3 is 5.97 Å². The van der Waals surface area contributed by atoms with Crippen molar-refractivity contribution < 1.29 is 19.1 Å². The molecule has 0 aliphatic heterocycles. The highest BCUT2D eigenvalue weighted by Crippen LogP contribution is 2.16. The number of oxazole rings is 1. The van der Waals surface area contributed by atoms with Crippen molar-refractivity contribution in [1.29, 1.82) is 0 Å². The van der Waals surface area contributed by atoms with E-state index in [-0.39, 0.29) is 11.5 Å². The number of carbonyl (C=O) groups excluding carboxylic acids is 1. The van der Waals surface area contributed by atoms with Crippen LogP contribution in [0.25, 0.3) is 5.69 Å². The van der Waals surface area contributed by atoms with Crippen LogP contribution in [0.1, 0.15) is 32.6 Å². The van der Waals surface area contributed by atoms with Crippen molar-refractivity contribution in [2.24, 2.45) is 0 Å². The molecule has 2 N–H and O–H groups in total. The Morgan fingerprint density at radius 1 is 1.21 bits per heavy atom. The van der Waals surface area contributed by atoms with Crippen LogP contribution in [-0.2, 0) is 0 Å². The smallest absolute Gasteiger partial charge is 0.358 e. The lowest BCUT2D eigenvalue weighted by molar-refractivity contribution is 0.0690. The summed E-state index contributed by atoms with van der Waals surface area (Å²) in [6.45, 7) is 3.36. The Balaban J connectivity index is 1.75. The summed E-state index contributed by atoms with van der Waals surface area (Å²) in [6.07, 6.45) is 1.30. The van der Waals surface area contributed by atoms with E-state index in [1.807, 2.05) is 0 Å². The van der Waals surface area contributed by atoms with Crippen molar-refractivity contribution in [3.05, 3.63) is 53.5 Å². The fourth-order valence-corrected chi connectivity index (χ4v) is 2.12. The molecule has 0 saturated carbocycles.